The number of sulfonamides is 1. The van der Waals surface area contributed by atoms with Crippen LogP contribution >= 0.6 is 11.3 Å². The molecule has 2 aromatic carbocycles. The number of nitrogens with zero attached hydrogens (tertiary/aromatic N) is 2. The highest BCUT2D eigenvalue weighted by molar-refractivity contribution is 7.92. The lowest BCUT2D eigenvalue weighted by molar-refractivity contribution is 0.411. The van der Waals surface area contributed by atoms with Gasteiger partial charge >= 0.3 is 0 Å². The first-order chi connectivity index (χ1) is 14.3. The second-order valence-corrected chi connectivity index (χ2v) is 9.31. The van der Waals surface area contributed by atoms with Crippen molar-refractivity contribution in [3.05, 3.63) is 75.5 Å². The summed E-state index contributed by atoms with van der Waals surface area (Å²) in [5.74, 6) is 0.620. The van der Waals surface area contributed by atoms with Crippen LogP contribution in [0.4, 0.5) is 5.69 Å². The molecule has 0 aliphatic carbocycles. The van der Waals surface area contributed by atoms with Crippen molar-refractivity contribution >= 4 is 32.0 Å². The van der Waals surface area contributed by atoms with E-state index in [2.05, 4.69) is 9.71 Å². The van der Waals surface area contributed by atoms with Gasteiger partial charge in [-0.15, -0.1) is 11.3 Å². The van der Waals surface area contributed by atoms with Gasteiger partial charge in [-0.05, 0) is 49.7 Å². The molecule has 0 amide bonds. The van der Waals surface area contributed by atoms with E-state index in [0.717, 1.165) is 5.56 Å². The van der Waals surface area contributed by atoms with Crippen LogP contribution in [-0.4, -0.2) is 24.9 Å². The molecule has 0 aliphatic rings. The van der Waals surface area contributed by atoms with Crippen LogP contribution < -0.4 is 15.0 Å². The highest BCUT2D eigenvalue weighted by Gasteiger charge is 2.17. The Labute approximate surface area is 177 Å². The molecule has 0 spiro atoms. The van der Waals surface area contributed by atoms with Crippen molar-refractivity contribution in [2.24, 2.45) is 0 Å². The van der Waals surface area contributed by atoms with Gasteiger partial charge < -0.3 is 4.74 Å². The molecular formula is C21H19N3O4S2. The van der Waals surface area contributed by atoms with Gasteiger partial charge in [0.05, 0.1) is 17.7 Å². The molecule has 0 bridgehead atoms. The van der Waals surface area contributed by atoms with E-state index in [9.17, 15) is 13.2 Å². The maximum Gasteiger partial charge on any atom is 0.261 e. The van der Waals surface area contributed by atoms with Crippen molar-refractivity contribution in [3.8, 4) is 17.0 Å². The van der Waals surface area contributed by atoms with E-state index in [0.29, 0.717) is 33.3 Å². The Morgan fingerprint density at radius 1 is 1.10 bits per heavy atom. The van der Waals surface area contributed by atoms with Gasteiger partial charge in [-0.3, -0.25) is 13.9 Å². The van der Waals surface area contributed by atoms with E-state index < -0.39 is 10.0 Å². The molecule has 7 nitrogen and oxygen atoms in total. The molecular weight excluding hydrogens is 422 g/mol. The van der Waals surface area contributed by atoms with Crippen LogP contribution in [0.1, 0.15) is 11.3 Å². The quantitative estimate of drug-likeness (QED) is 0.508. The van der Waals surface area contributed by atoms with E-state index in [-0.39, 0.29) is 10.5 Å². The number of hydrogen-bond acceptors (Lipinski definition) is 6. The molecule has 154 valence electrons. The SMILES string of the molecule is COc1ccc(S(=O)(=O)Nc2cccc(-c3csc4nc(C)cc(=O)n34)c2)cc1C. The smallest absolute Gasteiger partial charge is 0.261 e. The third-order valence-electron chi connectivity index (χ3n) is 4.62. The molecule has 0 radical (unpaired) electrons. The van der Waals surface area contributed by atoms with E-state index in [4.69, 9.17) is 4.74 Å². The number of anilines is 1. The number of nitrogens with one attached hydrogen (secondary N) is 1. The van der Waals surface area contributed by atoms with Crippen molar-refractivity contribution in [3.63, 3.8) is 0 Å². The Balaban J connectivity index is 1.71. The van der Waals surface area contributed by atoms with Gasteiger partial charge in [-0.1, -0.05) is 12.1 Å². The molecule has 1 N–H and O–H groups in total. The topological polar surface area (TPSA) is 89.8 Å². The Hall–Kier alpha value is -3.17. The molecule has 2 aromatic heterocycles. The standard InChI is InChI=1S/C21H19N3O4S2/c1-13-9-17(7-8-19(13)28-3)30(26,27)23-16-6-4-5-15(11-16)18-12-29-21-22-14(2)10-20(25)24(18)21/h4-12,23H,1-3H3. The van der Waals surface area contributed by atoms with E-state index in [1.54, 1.807) is 44.2 Å². The van der Waals surface area contributed by atoms with Gasteiger partial charge in [-0.25, -0.2) is 13.4 Å². The minimum Gasteiger partial charge on any atom is -0.496 e. The Morgan fingerprint density at radius 3 is 2.63 bits per heavy atom. The van der Waals surface area contributed by atoms with Crippen LogP contribution in [0.15, 0.2) is 63.6 Å². The number of benzene rings is 2. The first-order valence-electron chi connectivity index (χ1n) is 9.04. The van der Waals surface area contributed by atoms with Crippen LogP contribution in [0.3, 0.4) is 0 Å². The summed E-state index contributed by atoms with van der Waals surface area (Å²) < 4.78 is 35.0. The van der Waals surface area contributed by atoms with Crippen LogP contribution in [0.2, 0.25) is 0 Å². The number of aromatic nitrogens is 2. The lowest BCUT2D eigenvalue weighted by atomic mass is 10.1. The minimum atomic E-state index is -3.79. The second kappa shape index (κ2) is 7.58. The first-order valence-corrected chi connectivity index (χ1v) is 11.4. The number of thiazole rings is 1. The summed E-state index contributed by atoms with van der Waals surface area (Å²) in [5.41, 5.74) is 2.97. The van der Waals surface area contributed by atoms with Gasteiger partial charge in [0, 0.05) is 28.4 Å². The summed E-state index contributed by atoms with van der Waals surface area (Å²) in [6.07, 6.45) is 0. The monoisotopic (exact) mass is 441 g/mol. The average molecular weight is 442 g/mol. The van der Waals surface area contributed by atoms with E-state index in [1.165, 1.54) is 35.0 Å². The zero-order chi connectivity index (χ0) is 21.5. The average Bonchev–Trinajstić information content (AvgIpc) is 3.12. The number of fused-ring (bicyclic) bond motifs is 1. The third kappa shape index (κ3) is 3.69. The number of ether oxygens (including phenoxy) is 1. The van der Waals surface area contributed by atoms with Crippen LogP contribution in [0.5, 0.6) is 5.75 Å². The maximum absolute atomic E-state index is 12.8. The summed E-state index contributed by atoms with van der Waals surface area (Å²) in [7, 11) is -2.25. The van der Waals surface area contributed by atoms with Crippen molar-refractivity contribution in [1.82, 2.24) is 9.38 Å². The zero-order valence-corrected chi connectivity index (χ0v) is 18.2. The minimum absolute atomic E-state index is 0.142. The van der Waals surface area contributed by atoms with Crippen molar-refractivity contribution < 1.29 is 13.2 Å². The van der Waals surface area contributed by atoms with Gasteiger partial charge in [0.1, 0.15) is 5.75 Å². The highest BCUT2D eigenvalue weighted by Crippen LogP contribution is 2.28. The number of rotatable bonds is 5. The third-order valence-corrected chi connectivity index (χ3v) is 6.82. The summed E-state index contributed by atoms with van der Waals surface area (Å²) in [4.78, 5) is 17.6. The molecule has 0 saturated heterocycles. The number of aryl methyl sites for hydroxylation is 2. The normalized spacial score (nSPS) is 11.6. The predicted molar refractivity (Wildman–Crippen MR) is 118 cm³/mol. The molecule has 0 fully saturated rings. The fourth-order valence-corrected chi connectivity index (χ4v) is 5.29. The Morgan fingerprint density at radius 2 is 1.90 bits per heavy atom. The molecule has 2 heterocycles. The van der Waals surface area contributed by atoms with Gasteiger partial charge in [-0.2, -0.15) is 0 Å². The van der Waals surface area contributed by atoms with Crippen LogP contribution in [0, 0.1) is 13.8 Å². The summed E-state index contributed by atoms with van der Waals surface area (Å²) in [5, 5.41) is 1.84. The zero-order valence-electron chi connectivity index (χ0n) is 16.5. The summed E-state index contributed by atoms with van der Waals surface area (Å²) >= 11 is 1.36. The van der Waals surface area contributed by atoms with Gasteiger partial charge in [0.15, 0.2) is 4.96 Å². The van der Waals surface area contributed by atoms with Crippen molar-refractivity contribution in [2.75, 3.05) is 11.8 Å². The fourth-order valence-electron chi connectivity index (χ4n) is 3.20. The largest absolute Gasteiger partial charge is 0.496 e. The highest BCUT2D eigenvalue weighted by atomic mass is 32.2. The lowest BCUT2D eigenvalue weighted by Crippen LogP contribution is -2.14. The van der Waals surface area contributed by atoms with Crippen LogP contribution in [-0.2, 0) is 10.0 Å². The second-order valence-electron chi connectivity index (χ2n) is 6.79. The molecule has 0 atom stereocenters. The Kier molecular flexibility index (Phi) is 5.08. The Bertz CT molecular complexity index is 1420. The molecule has 0 saturated carbocycles. The molecule has 0 aliphatic heterocycles. The first kappa shape index (κ1) is 20.1. The number of methoxy groups -OCH3 is 1. The van der Waals surface area contributed by atoms with E-state index in [1.807, 2.05) is 11.4 Å². The maximum atomic E-state index is 12.8. The van der Waals surface area contributed by atoms with Crippen molar-refractivity contribution in [2.45, 2.75) is 18.7 Å². The summed E-state index contributed by atoms with van der Waals surface area (Å²) in [6.45, 7) is 3.56. The van der Waals surface area contributed by atoms with E-state index >= 15 is 0 Å². The number of hydrogen-bond donors (Lipinski definition) is 1. The molecule has 9 heteroatoms. The predicted octanol–water partition coefficient (Wildman–Crippen LogP) is 3.85. The summed E-state index contributed by atoms with van der Waals surface area (Å²) in [6, 6.07) is 13.1. The molecule has 4 aromatic rings. The molecule has 4 rings (SSSR count). The fraction of sp³-hybridized carbons (Fsp3) is 0.143. The van der Waals surface area contributed by atoms with Gasteiger partial charge in [0.25, 0.3) is 15.6 Å². The molecule has 30 heavy (non-hydrogen) atoms. The van der Waals surface area contributed by atoms with Crippen molar-refractivity contribution in [1.29, 1.82) is 0 Å². The van der Waals surface area contributed by atoms with Crippen LogP contribution in [0.25, 0.3) is 16.2 Å². The lowest BCUT2D eigenvalue weighted by Gasteiger charge is -2.11. The van der Waals surface area contributed by atoms with Gasteiger partial charge in [0.2, 0.25) is 0 Å². The molecule has 0 unspecified atom stereocenters.